The molecule has 1 unspecified atom stereocenters. The maximum Gasteiger partial charge on any atom is 0.226 e. The minimum atomic E-state index is -0.199. The van der Waals surface area contributed by atoms with E-state index in [0.29, 0.717) is 17.4 Å². The molecule has 3 nitrogen and oxygen atoms in total. The summed E-state index contributed by atoms with van der Waals surface area (Å²) in [6.45, 7) is 2.89. The maximum absolute atomic E-state index is 13.0. The van der Waals surface area contributed by atoms with Gasteiger partial charge in [0.2, 0.25) is 5.91 Å². The van der Waals surface area contributed by atoms with Crippen LogP contribution in [0.1, 0.15) is 37.7 Å². The molecule has 124 valence electrons. The lowest BCUT2D eigenvalue weighted by Crippen LogP contribution is -2.39. The second-order valence-electron chi connectivity index (χ2n) is 7.51. The highest BCUT2D eigenvalue weighted by Crippen LogP contribution is 2.59. The molecule has 1 amide bonds. The van der Waals surface area contributed by atoms with Crippen molar-refractivity contribution in [3.05, 3.63) is 35.6 Å². The Morgan fingerprint density at radius 3 is 2.57 bits per heavy atom. The Balaban J connectivity index is 1.38. The Kier molecular flexibility index (Phi) is 3.88. The lowest BCUT2D eigenvalue weighted by atomic mass is 9.91. The molecule has 4 rings (SSSR count). The van der Waals surface area contributed by atoms with Crippen molar-refractivity contribution in [3.8, 4) is 0 Å². The highest BCUT2D eigenvalue weighted by atomic mass is 19.1. The molecule has 23 heavy (non-hydrogen) atoms. The summed E-state index contributed by atoms with van der Waals surface area (Å²) in [7, 11) is 0. The average Bonchev–Trinajstić information content (AvgIpc) is 3.48. The van der Waals surface area contributed by atoms with E-state index >= 15 is 0 Å². The number of benzene rings is 1. The molecular weight excluding hydrogens is 291 g/mol. The lowest BCUT2D eigenvalue weighted by Gasteiger charge is -2.27. The second kappa shape index (κ2) is 5.90. The third-order valence-electron chi connectivity index (χ3n) is 5.91. The van der Waals surface area contributed by atoms with E-state index in [1.807, 2.05) is 12.1 Å². The number of hydrogen-bond acceptors (Lipinski definition) is 2. The summed E-state index contributed by atoms with van der Waals surface area (Å²) in [5, 5.41) is 3.40. The van der Waals surface area contributed by atoms with Crippen LogP contribution in [0.3, 0.4) is 0 Å². The summed E-state index contributed by atoms with van der Waals surface area (Å²) in [4.78, 5) is 15.1. The van der Waals surface area contributed by atoms with E-state index in [4.69, 9.17) is 0 Å². The summed E-state index contributed by atoms with van der Waals surface area (Å²) >= 11 is 0. The standard InChI is InChI=1S/C19H25FN2O/c20-15-3-1-14(2-4-15)7-12-22(16-5-6-16)18(23)17-13-19(17)8-10-21-11-9-19/h1-4,16-17,21H,5-13H2. The Hall–Kier alpha value is -1.42. The van der Waals surface area contributed by atoms with Crippen LogP contribution in [0.5, 0.6) is 0 Å². The summed E-state index contributed by atoms with van der Waals surface area (Å²) in [5.74, 6) is 0.449. The number of halogens is 1. The molecule has 0 radical (unpaired) electrons. The van der Waals surface area contributed by atoms with Crippen molar-refractivity contribution in [2.45, 2.75) is 44.6 Å². The van der Waals surface area contributed by atoms with Gasteiger partial charge >= 0.3 is 0 Å². The first-order valence-corrected chi connectivity index (χ1v) is 8.94. The van der Waals surface area contributed by atoms with Crippen LogP contribution in [-0.4, -0.2) is 36.5 Å². The van der Waals surface area contributed by atoms with Crippen molar-refractivity contribution < 1.29 is 9.18 Å². The zero-order chi connectivity index (χ0) is 15.9. The molecule has 1 saturated heterocycles. The zero-order valence-corrected chi connectivity index (χ0v) is 13.6. The molecular formula is C19H25FN2O. The third kappa shape index (κ3) is 3.14. The Morgan fingerprint density at radius 2 is 1.91 bits per heavy atom. The fraction of sp³-hybridized carbons (Fsp3) is 0.632. The maximum atomic E-state index is 13.0. The summed E-state index contributed by atoms with van der Waals surface area (Å²) < 4.78 is 13.0. The molecule has 1 atom stereocenters. The van der Waals surface area contributed by atoms with Crippen molar-refractivity contribution in [1.29, 1.82) is 0 Å². The molecule has 2 aliphatic carbocycles. The Morgan fingerprint density at radius 1 is 1.22 bits per heavy atom. The minimum absolute atomic E-state index is 0.199. The van der Waals surface area contributed by atoms with Gasteiger partial charge in [-0.1, -0.05) is 12.1 Å². The molecule has 3 fully saturated rings. The van der Waals surface area contributed by atoms with E-state index < -0.39 is 0 Å². The van der Waals surface area contributed by atoms with Crippen molar-refractivity contribution >= 4 is 5.91 Å². The van der Waals surface area contributed by atoms with Crippen LogP contribution < -0.4 is 5.32 Å². The van der Waals surface area contributed by atoms with Crippen LogP contribution in [0.4, 0.5) is 4.39 Å². The molecule has 0 aromatic heterocycles. The van der Waals surface area contributed by atoms with Crippen LogP contribution in [0.2, 0.25) is 0 Å². The van der Waals surface area contributed by atoms with Crippen molar-refractivity contribution in [2.24, 2.45) is 11.3 Å². The largest absolute Gasteiger partial charge is 0.339 e. The molecule has 1 aromatic carbocycles. The molecule has 1 N–H and O–H groups in total. The third-order valence-corrected chi connectivity index (χ3v) is 5.91. The number of nitrogens with one attached hydrogen (secondary N) is 1. The molecule has 3 aliphatic rings. The molecule has 2 saturated carbocycles. The second-order valence-corrected chi connectivity index (χ2v) is 7.51. The van der Waals surface area contributed by atoms with Gasteiger partial charge in [0.05, 0.1) is 0 Å². The van der Waals surface area contributed by atoms with E-state index in [9.17, 15) is 9.18 Å². The first-order chi connectivity index (χ1) is 11.2. The first-order valence-electron chi connectivity index (χ1n) is 8.94. The molecule has 1 aliphatic heterocycles. The topological polar surface area (TPSA) is 32.3 Å². The highest BCUT2D eigenvalue weighted by Gasteiger charge is 2.59. The van der Waals surface area contributed by atoms with E-state index in [1.54, 1.807) is 0 Å². The highest BCUT2D eigenvalue weighted by molar-refractivity contribution is 5.83. The van der Waals surface area contributed by atoms with Crippen LogP contribution in [0, 0.1) is 17.2 Å². The van der Waals surface area contributed by atoms with E-state index in [2.05, 4.69) is 10.2 Å². The number of nitrogens with zero attached hydrogens (tertiary/aromatic N) is 1. The molecule has 1 heterocycles. The van der Waals surface area contributed by atoms with Crippen molar-refractivity contribution in [2.75, 3.05) is 19.6 Å². The van der Waals surface area contributed by atoms with Gasteiger partial charge in [-0.15, -0.1) is 0 Å². The van der Waals surface area contributed by atoms with Crippen molar-refractivity contribution in [1.82, 2.24) is 10.2 Å². The predicted octanol–water partition coefficient (Wildman–Crippen LogP) is 2.75. The van der Waals surface area contributed by atoms with Crippen LogP contribution in [-0.2, 0) is 11.2 Å². The van der Waals surface area contributed by atoms with Gasteiger partial charge in [0.25, 0.3) is 0 Å². The summed E-state index contributed by atoms with van der Waals surface area (Å²) in [6, 6.07) is 7.13. The van der Waals surface area contributed by atoms with Crippen LogP contribution in [0.25, 0.3) is 0 Å². The van der Waals surface area contributed by atoms with Gasteiger partial charge in [0.15, 0.2) is 0 Å². The van der Waals surface area contributed by atoms with Gasteiger partial charge in [-0.3, -0.25) is 4.79 Å². The SMILES string of the molecule is O=C(C1CC12CCNCC2)N(CCc1ccc(F)cc1)C1CC1. The number of hydrogen-bond donors (Lipinski definition) is 1. The zero-order valence-electron chi connectivity index (χ0n) is 13.6. The summed E-state index contributed by atoms with van der Waals surface area (Å²) in [5.41, 5.74) is 1.42. The van der Waals surface area contributed by atoms with Crippen LogP contribution in [0.15, 0.2) is 24.3 Å². The predicted molar refractivity (Wildman–Crippen MR) is 87.5 cm³/mol. The fourth-order valence-electron chi connectivity index (χ4n) is 4.13. The van der Waals surface area contributed by atoms with E-state index in [-0.39, 0.29) is 11.7 Å². The smallest absolute Gasteiger partial charge is 0.226 e. The number of amides is 1. The van der Waals surface area contributed by atoms with E-state index in [0.717, 1.165) is 63.7 Å². The number of carbonyl (C=O) groups excluding carboxylic acids is 1. The Labute approximate surface area is 137 Å². The van der Waals surface area contributed by atoms with Gasteiger partial charge in [0, 0.05) is 18.5 Å². The number of rotatable bonds is 5. The van der Waals surface area contributed by atoms with E-state index in [1.165, 1.54) is 12.1 Å². The molecule has 4 heteroatoms. The van der Waals surface area contributed by atoms with Gasteiger partial charge in [0.1, 0.15) is 5.82 Å². The normalized spacial score (nSPS) is 25.3. The monoisotopic (exact) mass is 316 g/mol. The van der Waals surface area contributed by atoms with Gasteiger partial charge < -0.3 is 10.2 Å². The van der Waals surface area contributed by atoms with Gasteiger partial charge in [-0.2, -0.15) is 0 Å². The first kappa shape index (κ1) is 15.1. The molecule has 1 spiro atoms. The quantitative estimate of drug-likeness (QED) is 0.906. The lowest BCUT2D eigenvalue weighted by molar-refractivity contribution is -0.134. The average molecular weight is 316 g/mol. The summed E-state index contributed by atoms with van der Waals surface area (Å²) in [6.07, 6.45) is 6.52. The molecule has 1 aromatic rings. The number of piperidine rings is 1. The van der Waals surface area contributed by atoms with Crippen molar-refractivity contribution in [3.63, 3.8) is 0 Å². The number of carbonyl (C=O) groups is 1. The molecule has 0 bridgehead atoms. The fourth-order valence-corrected chi connectivity index (χ4v) is 4.13. The van der Waals surface area contributed by atoms with Gasteiger partial charge in [-0.25, -0.2) is 4.39 Å². The Bertz CT molecular complexity index is 576. The minimum Gasteiger partial charge on any atom is -0.339 e. The van der Waals surface area contributed by atoms with Gasteiger partial charge in [-0.05, 0) is 74.7 Å². The van der Waals surface area contributed by atoms with Crippen LogP contribution >= 0.6 is 0 Å².